The summed E-state index contributed by atoms with van der Waals surface area (Å²) in [5.74, 6) is -2.28. The number of imidazole rings is 1. The maximum Gasteiger partial charge on any atom is 0.417 e. The van der Waals surface area contributed by atoms with E-state index in [0.29, 0.717) is 5.69 Å². The Labute approximate surface area is 184 Å². The number of aromatic amines is 1. The number of benzene rings is 2. The van der Waals surface area contributed by atoms with Crippen molar-refractivity contribution >= 4 is 40.7 Å². The van der Waals surface area contributed by atoms with Crippen LogP contribution >= 0.6 is 11.6 Å². The SMILES string of the molecule is CN(C(=O)c1[nH]cnc1C(N)=O)c1ccc(NC(=O)c2cccc(C(F)(F)F)c2Cl)cc1. The largest absolute Gasteiger partial charge is 0.417 e. The van der Waals surface area contributed by atoms with Crippen molar-refractivity contribution in [3.05, 3.63) is 76.3 Å². The Balaban J connectivity index is 1.76. The molecule has 0 saturated carbocycles. The molecule has 0 aliphatic heterocycles. The number of aromatic nitrogens is 2. The molecule has 12 heteroatoms. The molecule has 0 radical (unpaired) electrons. The maximum atomic E-state index is 13.0. The van der Waals surface area contributed by atoms with Crippen LogP contribution in [0.1, 0.15) is 36.9 Å². The van der Waals surface area contributed by atoms with Gasteiger partial charge in [0.05, 0.1) is 22.5 Å². The Kier molecular flexibility index (Phi) is 6.21. The molecule has 8 nitrogen and oxygen atoms in total. The van der Waals surface area contributed by atoms with Crippen molar-refractivity contribution in [2.45, 2.75) is 6.18 Å². The first-order chi connectivity index (χ1) is 15.0. The summed E-state index contributed by atoms with van der Waals surface area (Å²) in [6.07, 6.45) is -3.53. The molecule has 0 aliphatic rings. The molecule has 0 atom stereocenters. The molecule has 32 heavy (non-hydrogen) atoms. The van der Waals surface area contributed by atoms with Gasteiger partial charge in [0.1, 0.15) is 5.69 Å². The van der Waals surface area contributed by atoms with E-state index in [1.165, 1.54) is 48.6 Å². The van der Waals surface area contributed by atoms with Gasteiger partial charge in [-0.3, -0.25) is 14.4 Å². The van der Waals surface area contributed by atoms with E-state index in [9.17, 15) is 27.6 Å². The average molecular weight is 466 g/mol. The molecule has 0 saturated heterocycles. The van der Waals surface area contributed by atoms with Crippen molar-refractivity contribution < 1.29 is 27.6 Å². The fourth-order valence-electron chi connectivity index (χ4n) is 2.82. The molecule has 166 valence electrons. The van der Waals surface area contributed by atoms with Crippen molar-refractivity contribution in [2.24, 2.45) is 5.73 Å². The second-order valence-electron chi connectivity index (χ2n) is 6.52. The van der Waals surface area contributed by atoms with Gasteiger partial charge in [0.25, 0.3) is 17.7 Å². The number of H-pyrrole nitrogens is 1. The second kappa shape index (κ2) is 8.71. The standard InChI is InChI=1S/C20H15ClF3N5O3/c1-29(19(32)16-15(17(25)30)26-9-27-16)11-7-5-10(6-8-11)28-18(31)12-3-2-4-13(14(12)21)20(22,23)24/h2-9H,1H3,(H2,25,30)(H,26,27)(H,28,31). The number of nitrogens with zero attached hydrogens (tertiary/aromatic N) is 2. The highest BCUT2D eigenvalue weighted by Gasteiger charge is 2.34. The van der Waals surface area contributed by atoms with E-state index in [4.69, 9.17) is 17.3 Å². The van der Waals surface area contributed by atoms with E-state index < -0.39 is 34.5 Å². The third-order valence-corrected chi connectivity index (χ3v) is 4.86. The highest BCUT2D eigenvalue weighted by Crippen LogP contribution is 2.36. The fourth-order valence-corrected chi connectivity index (χ4v) is 3.14. The number of nitrogens with one attached hydrogen (secondary N) is 2. The summed E-state index contributed by atoms with van der Waals surface area (Å²) in [6, 6.07) is 8.91. The third kappa shape index (κ3) is 4.57. The Morgan fingerprint density at radius 1 is 1.12 bits per heavy atom. The van der Waals surface area contributed by atoms with Crippen LogP contribution in [-0.2, 0) is 6.18 Å². The van der Waals surface area contributed by atoms with Crippen molar-refractivity contribution in [3.63, 3.8) is 0 Å². The summed E-state index contributed by atoms with van der Waals surface area (Å²) in [6.45, 7) is 0. The minimum Gasteiger partial charge on any atom is -0.364 e. The predicted molar refractivity (Wildman–Crippen MR) is 111 cm³/mol. The van der Waals surface area contributed by atoms with Gasteiger partial charge in [-0.1, -0.05) is 17.7 Å². The van der Waals surface area contributed by atoms with E-state index in [-0.39, 0.29) is 22.6 Å². The van der Waals surface area contributed by atoms with Crippen molar-refractivity contribution in [1.29, 1.82) is 0 Å². The van der Waals surface area contributed by atoms with Gasteiger partial charge in [-0.15, -0.1) is 0 Å². The van der Waals surface area contributed by atoms with Gasteiger partial charge in [-0.05, 0) is 36.4 Å². The zero-order chi connectivity index (χ0) is 23.6. The minimum atomic E-state index is -4.70. The predicted octanol–water partition coefficient (Wildman–Crippen LogP) is 3.71. The summed E-state index contributed by atoms with van der Waals surface area (Å²) < 4.78 is 39.0. The molecule has 0 bridgehead atoms. The normalized spacial score (nSPS) is 11.2. The van der Waals surface area contributed by atoms with Gasteiger partial charge >= 0.3 is 6.18 Å². The lowest BCUT2D eigenvalue weighted by atomic mass is 10.1. The molecule has 3 amide bonds. The number of hydrogen-bond donors (Lipinski definition) is 3. The van der Waals surface area contributed by atoms with Gasteiger partial charge < -0.3 is 20.9 Å². The summed E-state index contributed by atoms with van der Waals surface area (Å²) in [5, 5.41) is 1.75. The van der Waals surface area contributed by atoms with Crippen molar-refractivity contribution in [2.75, 3.05) is 17.3 Å². The Bertz CT molecular complexity index is 1190. The van der Waals surface area contributed by atoms with Crippen LogP contribution in [0.25, 0.3) is 0 Å². The number of anilines is 2. The quantitative estimate of drug-likeness (QED) is 0.531. The van der Waals surface area contributed by atoms with Crippen LogP contribution in [0.4, 0.5) is 24.5 Å². The fraction of sp³-hybridized carbons (Fsp3) is 0.100. The Morgan fingerprint density at radius 2 is 1.78 bits per heavy atom. The number of alkyl halides is 3. The maximum absolute atomic E-state index is 13.0. The first kappa shape index (κ1) is 22.8. The summed E-state index contributed by atoms with van der Waals surface area (Å²) in [7, 11) is 1.45. The van der Waals surface area contributed by atoms with Crippen LogP contribution < -0.4 is 16.0 Å². The van der Waals surface area contributed by atoms with E-state index in [1.54, 1.807) is 0 Å². The highest BCUT2D eigenvalue weighted by atomic mass is 35.5. The highest BCUT2D eigenvalue weighted by molar-refractivity contribution is 6.35. The van der Waals surface area contributed by atoms with Crippen molar-refractivity contribution in [1.82, 2.24) is 9.97 Å². The average Bonchev–Trinajstić information content (AvgIpc) is 3.22. The second-order valence-corrected chi connectivity index (χ2v) is 6.90. The lowest BCUT2D eigenvalue weighted by molar-refractivity contribution is -0.137. The van der Waals surface area contributed by atoms with E-state index in [1.807, 2.05) is 0 Å². The minimum absolute atomic E-state index is 0.0865. The number of primary amides is 1. The molecule has 1 aromatic heterocycles. The molecule has 0 fully saturated rings. The van der Waals surface area contributed by atoms with E-state index >= 15 is 0 Å². The lowest BCUT2D eigenvalue weighted by Gasteiger charge is -2.17. The molecule has 1 heterocycles. The molecule has 4 N–H and O–H groups in total. The van der Waals surface area contributed by atoms with Crippen LogP contribution in [0, 0.1) is 0 Å². The smallest absolute Gasteiger partial charge is 0.364 e. The van der Waals surface area contributed by atoms with E-state index in [0.717, 1.165) is 12.1 Å². The molecule has 0 unspecified atom stereocenters. The van der Waals surface area contributed by atoms with Gasteiger partial charge in [0, 0.05) is 18.4 Å². The molecular formula is C20H15ClF3N5O3. The van der Waals surface area contributed by atoms with Gasteiger partial charge in [0.15, 0.2) is 5.69 Å². The summed E-state index contributed by atoms with van der Waals surface area (Å²) in [5.41, 5.74) is 4.10. The van der Waals surface area contributed by atoms with E-state index in [2.05, 4.69) is 15.3 Å². The summed E-state index contributed by atoms with van der Waals surface area (Å²) in [4.78, 5) is 43.9. The number of nitrogens with two attached hydrogens (primary N) is 1. The van der Waals surface area contributed by atoms with Gasteiger partial charge in [0.2, 0.25) is 0 Å². The molecular weight excluding hydrogens is 451 g/mol. The number of halogens is 4. The van der Waals surface area contributed by atoms with Crippen LogP contribution in [0.3, 0.4) is 0 Å². The monoisotopic (exact) mass is 465 g/mol. The molecule has 3 aromatic rings. The zero-order valence-electron chi connectivity index (χ0n) is 16.3. The zero-order valence-corrected chi connectivity index (χ0v) is 17.1. The van der Waals surface area contributed by atoms with Gasteiger partial charge in [-0.2, -0.15) is 13.2 Å². The first-order valence-corrected chi connectivity index (χ1v) is 9.27. The number of amides is 3. The summed E-state index contributed by atoms with van der Waals surface area (Å²) >= 11 is 5.77. The van der Waals surface area contributed by atoms with Crippen molar-refractivity contribution in [3.8, 4) is 0 Å². The number of hydrogen-bond acceptors (Lipinski definition) is 4. The number of carbonyl (C=O) groups is 3. The molecule has 0 aliphatic carbocycles. The number of rotatable bonds is 5. The van der Waals surface area contributed by atoms with Crippen LogP contribution in [0.2, 0.25) is 5.02 Å². The Hall–Kier alpha value is -3.86. The molecule has 2 aromatic carbocycles. The van der Waals surface area contributed by atoms with Crippen LogP contribution in [0.5, 0.6) is 0 Å². The van der Waals surface area contributed by atoms with Crippen LogP contribution in [-0.4, -0.2) is 34.7 Å². The first-order valence-electron chi connectivity index (χ1n) is 8.89. The lowest BCUT2D eigenvalue weighted by Crippen LogP contribution is -2.29. The number of carbonyl (C=O) groups excluding carboxylic acids is 3. The van der Waals surface area contributed by atoms with Gasteiger partial charge in [-0.25, -0.2) is 4.98 Å². The van der Waals surface area contributed by atoms with Crippen LogP contribution in [0.15, 0.2) is 48.8 Å². The molecule has 0 spiro atoms. The Morgan fingerprint density at radius 3 is 2.38 bits per heavy atom. The third-order valence-electron chi connectivity index (χ3n) is 4.45. The molecule has 3 rings (SSSR count). The topological polar surface area (TPSA) is 121 Å².